The number of ether oxygens (including phenoxy) is 2. The van der Waals surface area contributed by atoms with Crippen molar-refractivity contribution in [1.29, 1.82) is 0 Å². The van der Waals surface area contributed by atoms with E-state index in [1.165, 1.54) is 0 Å². The van der Waals surface area contributed by atoms with E-state index >= 15 is 0 Å². The summed E-state index contributed by atoms with van der Waals surface area (Å²) in [5.74, 6) is -0.748. The third kappa shape index (κ3) is 3.55. The molecule has 1 aliphatic rings. The zero-order valence-electron chi connectivity index (χ0n) is 23.3. The Morgan fingerprint density at radius 3 is 2.05 bits per heavy atom. The number of carbonyl (C=O) groups excluding carboxylic acids is 2. The first-order valence-electron chi connectivity index (χ1n) is 13.6. The Bertz CT molecular complexity index is 1840. The highest BCUT2D eigenvalue weighted by atomic mass is 16.6. The number of esters is 2. The minimum Gasteiger partial charge on any atom is -0.460 e. The first kappa shape index (κ1) is 25.7. The Hall–Kier alpha value is -4.58. The number of hydrogen-bond donors (Lipinski definition) is 0. The van der Waals surface area contributed by atoms with E-state index in [4.69, 9.17) is 9.47 Å². The van der Waals surface area contributed by atoms with Crippen LogP contribution < -0.4 is 0 Å². The van der Waals surface area contributed by atoms with E-state index in [-0.39, 0.29) is 12.6 Å². The normalized spacial score (nSPS) is 16.4. The van der Waals surface area contributed by atoms with E-state index in [0.717, 1.165) is 56.4 Å². The Morgan fingerprint density at radius 1 is 0.875 bits per heavy atom. The molecule has 1 unspecified atom stereocenters. The van der Waals surface area contributed by atoms with Crippen LogP contribution >= 0.6 is 0 Å². The van der Waals surface area contributed by atoms with Gasteiger partial charge in [0, 0.05) is 62.0 Å². The lowest BCUT2D eigenvalue weighted by Crippen LogP contribution is -2.31. The standard InChI is InChI=1S/C34H32N2O4/c1-6-35-22(4)30(25-14-8-11-17-28(25)35)34(27-16-10-7-13-24(27)33(38)40-34)31-23(5)36(19-20-39-32(37)21(2)3)29-18-12-9-15-26(29)31/h7-18H,2,6,19-20H2,1,3-5H3. The molecule has 6 heteroatoms. The first-order chi connectivity index (χ1) is 19.3. The molecule has 0 saturated heterocycles. The van der Waals surface area contributed by atoms with Crippen LogP contribution in [-0.4, -0.2) is 27.7 Å². The largest absolute Gasteiger partial charge is 0.460 e. The quantitative estimate of drug-likeness (QED) is 0.171. The summed E-state index contributed by atoms with van der Waals surface area (Å²) < 4.78 is 16.6. The van der Waals surface area contributed by atoms with E-state index in [1.807, 2.05) is 48.5 Å². The molecule has 0 N–H and O–H groups in total. The van der Waals surface area contributed by atoms with Crippen molar-refractivity contribution in [2.24, 2.45) is 0 Å². The second kappa shape index (κ2) is 9.56. The molecule has 0 saturated carbocycles. The zero-order chi connectivity index (χ0) is 28.2. The predicted molar refractivity (Wildman–Crippen MR) is 157 cm³/mol. The highest BCUT2D eigenvalue weighted by Crippen LogP contribution is 2.53. The van der Waals surface area contributed by atoms with Crippen molar-refractivity contribution in [3.8, 4) is 0 Å². The fourth-order valence-corrected chi connectivity index (χ4v) is 6.51. The van der Waals surface area contributed by atoms with Gasteiger partial charge in [0.05, 0.1) is 12.1 Å². The Balaban J connectivity index is 1.68. The lowest BCUT2D eigenvalue weighted by Gasteiger charge is -2.31. The molecule has 0 spiro atoms. The summed E-state index contributed by atoms with van der Waals surface area (Å²) in [7, 11) is 0. The van der Waals surface area contributed by atoms with Crippen molar-refractivity contribution in [2.75, 3.05) is 6.61 Å². The van der Waals surface area contributed by atoms with Crippen LogP contribution in [0.15, 0.2) is 84.9 Å². The predicted octanol–water partition coefficient (Wildman–Crippen LogP) is 6.81. The summed E-state index contributed by atoms with van der Waals surface area (Å²) in [5, 5.41) is 2.04. The van der Waals surface area contributed by atoms with Crippen LogP contribution in [0.4, 0.5) is 0 Å². The lowest BCUT2D eigenvalue weighted by atomic mass is 9.77. The van der Waals surface area contributed by atoms with Gasteiger partial charge in [-0.2, -0.15) is 0 Å². The van der Waals surface area contributed by atoms with Gasteiger partial charge in [0.2, 0.25) is 0 Å². The molecular weight excluding hydrogens is 500 g/mol. The molecule has 2 aromatic heterocycles. The summed E-state index contributed by atoms with van der Waals surface area (Å²) in [6, 6.07) is 24.2. The van der Waals surface area contributed by atoms with Gasteiger partial charge in [-0.15, -0.1) is 0 Å². The van der Waals surface area contributed by atoms with E-state index in [1.54, 1.807) is 6.92 Å². The number of hydrogen-bond acceptors (Lipinski definition) is 4. The molecule has 0 bridgehead atoms. The maximum absolute atomic E-state index is 13.6. The van der Waals surface area contributed by atoms with Crippen molar-refractivity contribution in [3.63, 3.8) is 0 Å². The Morgan fingerprint density at radius 2 is 1.43 bits per heavy atom. The Kier molecular flexibility index (Phi) is 6.14. The van der Waals surface area contributed by atoms with Gasteiger partial charge in [-0.25, -0.2) is 9.59 Å². The fourth-order valence-electron chi connectivity index (χ4n) is 6.51. The molecule has 6 nitrogen and oxygen atoms in total. The molecule has 40 heavy (non-hydrogen) atoms. The minimum atomic E-state index is -1.17. The summed E-state index contributed by atoms with van der Waals surface area (Å²) in [4.78, 5) is 25.7. The molecule has 1 atom stereocenters. The minimum absolute atomic E-state index is 0.197. The second-order valence-corrected chi connectivity index (χ2v) is 10.4. The van der Waals surface area contributed by atoms with Gasteiger partial charge in [0.15, 0.2) is 5.60 Å². The highest BCUT2D eigenvalue weighted by molar-refractivity contribution is 6.01. The number of cyclic esters (lactones) is 1. The van der Waals surface area contributed by atoms with Crippen LogP contribution in [-0.2, 0) is 33.0 Å². The molecule has 3 aromatic carbocycles. The zero-order valence-corrected chi connectivity index (χ0v) is 23.3. The third-order valence-corrected chi connectivity index (χ3v) is 8.15. The van der Waals surface area contributed by atoms with Crippen molar-refractivity contribution < 1.29 is 19.1 Å². The van der Waals surface area contributed by atoms with Crippen LogP contribution in [0.3, 0.4) is 0 Å². The van der Waals surface area contributed by atoms with Crippen LogP contribution in [0.1, 0.15) is 52.3 Å². The van der Waals surface area contributed by atoms with Gasteiger partial charge in [0.25, 0.3) is 0 Å². The average Bonchev–Trinajstić information content (AvgIpc) is 3.53. The summed E-state index contributed by atoms with van der Waals surface area (Å²) in [5.41, 5.74) is 6.60. The number of carbonyl (C=O) groups is 2. The maximum Gasteiger partial charge on any atom is 0.340 e. The van der Waals surface area contributed by atoms with E-state index in [9.17, 15) is 9.59 Å². The molecule has 0 aliphatic carbocycles. The van der Waals surface area contributed by atoms with Gasteiger partial charge < -0.3 is 18.6 Å². The van der Waals surface area contributed by atoms with Gasteiger partial charge in [0.1, 0.15) is 6.61 Å². The monoisotopic (exact) mass is 532 g/mol. The number of rotatable bonds is 7. The van der Waals surface area contributed by atoms with Gasteiger partial charge in [-0.1, -0.05) is 61.2 Å². The molecule has 5 aromatic rings. The smallest absolute Gasteiger partial charge is 0.340 e. The Labute approximate surface area is 233 Å². The second-order valence-electron chi connectivity index (χ2n) is 10.4. The van der Waals surface area contributed by atoms with Crippen LogP contribution in [0.25, 0.3) is 21.8 Å². The summed E-state index contributed by atoms with van der Waals surface area (Å²) >= 11 is 0. The number of fused-ring (bicyclic) bond motifs is 3. The first-order valence-corrected chi connectivity index (χ1v) is 13.6. The average molecular weight is 533 g/mol. The molecule has 0 radical (unpaired) electrons. The van der Waals surface area contributed by atoms with Crippen LogP contribution in [0.5, 0.6) is 0 Å². The summed E-state index contributed by atoms with van der Waals surface area (Å²) in [6.45, 7) is 13.1. The molecule has 6 rings (SSSR count). The lowest BCUT2D eigenvalue weighted by molar-refractivity contribution is -0.139. The SMILES string of the molecule is C=C(C)C(=O)OCCn1c(C)c(C2(c3c(C)n(CC)c4ccccc34)OC(=O)c3ccccc32)c2ccccc21. The van der Waals surface area contributed by atoms with Gasteiger partial charge in [-0.05, 0) is 45.9 Å². The van der Waals surface area contributed by atoms with E-state index in [2.05, 4.69) is 60.7 Å². The molecule has 3 heterocycles. The van der Waals surface area contributed by atoms with Crippen molar-refractivity contribution in [3.05, 3.63) is 119 Å². The van der Waals surface area contributed by atoms with E-state index in [0.29, 0.717) is 17.7 Å². The van der Waals surface area contributed by atoms with Gasteiger partial charge >= 0.3 is 11.9 Å². The van der Waals surface area contributed by atoms with Crippen molar-refractivity contribution in [1.82, 2.24) is 9.13 Å². The number of benzene rings is 3. The van der Waals surface area contributed by atoms with Crippen LogP contribution in [0.2, 0.25) is 0 Å². The topological polar surface area (TPSA) is 62.5 Å². The molecular formula is C34H32N2O4. The highest BCUT2D eigenvalue weighted by Gasteiger charge is 2.53. The van der Waals surface area contributed by atoms with Crippen molar-refractivity contribution >= 4 is 33.7 Å². The summed E-state index contributed by atoms with van der Waals surface area (Å²) in [6.07, 6.45) is 0. The maximum atomic E-state index is 13.6. The number of aromatic nitrogens is 2. The third-order valence-electron chi connectivity index (χ3n) is 8.15. The number of aryl methyl sites for hydroxylation is 1. The number of nitrogens with zero attached hydrogens (tertiary/aromatic N) is 2. The molecule has 0 amide bonds. The fraction of sp³-hybridized carbons (Fsp3) is 0.235. The van der Waals surface area contributed by atoms with Crippen molar-refractivity contribution in [2.45, 2.75) is 46.4 Å². The molecule has 202 valence electrons. The van der Waals surface area contributed by atoms with E-state index < -0.39 is 11.6 Å². The van der Waals surface area contributed by atoms with Crippen LogP contribution in [0, 0.1) is 13.8 Å². The molecule has 1 aliphatic heterocycles. The number of para-hydroxylation sites is 2. The van der Waals surface area contributed by atoms with Gasteiger partial charge in [-0.3, -0.25) is 0 Å². The molecule has 0 fully saturated rings.